The minimum Gasteiger partial charge on any atom is -0.385 e. The van der Waals surface area contributed by atoms with Crippen LogP contribution in [0.15, 0.2) is 18.2 Å². The van der Waals surface area contributed by atoms with Gasteiger partial charge in [0.2, 0.25) is 10.0 Å². The quantitative estimate of drug-likeness (QED) is 0.723. The Morgan fingerprint density at radius 2 is 1.70 bits per heavy atom. The number of rotatable bonds is 6. The van der Waals surface area contributed by atoms with E-state index in [1.54, 1.807) is 26.0 Å². The van der Waals surface area contributed by atoms with Crippen molar-refractivity contribution in [3.8, 4) is 0 Å². The molecule has 3 rings (SSSR count). The highest BCUT2D eigenvalue weighted by atomic mass is 32.2. The SMILES string of the molecule is CC(C)S(=O)(=O)N[C@H]1CC[C@H](CNc2ccc3c(c2)C(=O)N(C)C3=O)CC1. The summed E-state index contributed by atoms with van der Waals surface area (Å²) in [7, 11) is -1.73. The summed E-state index contributed by atoms with van der Waals surface area (Å²) in [6.45, 7) is 4.13. The Labute approximate surface area is 160 Å². The second-order valence-corrected chi connectivity index (χ2v) is 10.0. The molecule has 1 aliphatic carbocycles. The predicted octanol–water partition coefficient (Wildman–Crippen LogP) is 2.21. The van der Waals surface area contributed by atoms with Crippen LogP contribution in [0.3, 0.4) is 0 Å². The number of amides is 2. The van der Waals surface area contributed by atoms with E-state index < -0.39 is 15.3 Å². The molecule has 148 valence electrons. The lowest BCUT2D eigenvalue weighted by Crippen LogP contribution is -2.41. The van der Waals surface area contributed by atoms with Gasteiger partial charge in [-0.05, 0) is 63.6 Å². The summed E-state index contributed by atoms with van der Waals surface area (Å²) in [5.74, 6) is -0.0709. The molecule has 1 heterocycles. The van der Waals surface area contributed by atoms with Crippen LogP contribution in [0.1, 0.15) is 60.2 Å². The second-order valence-electron chi connectivity index (χ2n) is 7.74. The molecule has 1 aliphatic heterocycles. The monoisotopic (exact) mass is 393 g/mol. The standard InChI is InChI=1S/C19H27N3O4S/c1-12(2)27(25,26)21-14-6-4-13(5-7-14)11-20-15-8-9-16-17(10-15)19(24)22(3)18(16)23/h8-10,12-14,20-21H,4-7,11H2,1-3H3/t13-,14-. The third-order valence-corrected chi connectivity index (χ3v) is 7.39. The first kappa shape index (κ1) is 19.8. The largest absolute Gasteiger partial charge is 0.385 e. The Bertz CT molecular complexity index is 843. The zero-order valence-corrected chi connectivity index (χ0v) is 16.8. The molecule has 0 spiro atoms. The van der Waals surface area contributed by atoms with Crippen LogP contribution in [0.2, 0.25) is 0 Å². The van der Waals surface area contributed by atoms with Gasteiger partial charge in [-0.2, -0.15) is 0 Å². The van der Waals surface area contributed by atoms with E-state index in [2.05, 4.69) is 10.0 Å². The highest BCUT2D eigenvalue weighted by molar-refractivity contribution is 7.90. The van der Waals surface area contributed by atoms with Gasteiger partial charge < -0.3 is 5.32 Å². The summed E-state index contributed by atoms with van der Waals surface area (Å²) in [4.78, 5) is 25.1. The molecule has 1 aromatic carbocycles. The van der Waals surface area contributed by atoms with Gasteiger partial charge in [-0.15, -0.1) is 0 Å². The highest BCUT2D eigenvalue weighted by Crippen LogP contribution is 2.27. The molecular weight excluding hydrogens is 366 g/mol. The molecule has 0 atom stereocenters. The van der Waals surface area contributed by atoms with Crippen molar-refractivity contribution in [2.75, 3.05) is 18.9 Å². The maximum Gasteiger partial charge on any atom is 0.261 e. The number of anilines is 1. The average molecular weight is 394 g/mol. The van der Waals surface area contributed by atoms with Crippen molar-refractivity contribution in [2.24, 2.45) is 5.92 Å². The van der Waals surface area contributed by atoms with Crippen molar-refractivity contribution in [1.82, 2.24) is 9.62 Å². The molecule has 0 unspecified atom stereocenters. The summed E-state index contributed by atoms with van der Waals surface area (Å²) in [5, 5.41) is 2.94. The minimum atomic E-state index is -3.22. The lowest BCUT2D eigenvalue weighted by Gasteiger charge is -2.29. The van der Waals surface area contributed by atoms with Gasteiger partial charge in [-0.3, -0.25) is 14.5 Å². The van der Waals surface area contributed by atoms with E-state index >= 15 is 0 Å². The normalized spacial score (nSPS) is 23.0. The van der Waals surface area contributed by atoms with Crippen LogP contribution in [0, 0.1) is 5.92 Å². The first-order valence-electron chi connectivity index (χ1n) is 9.40. The van der Waals surface area contributed by atoms with Gasteiger partial charge in [0.05, 0.1) is 16.4 Å². The number of carbonyl (C=O) groups is 2. The molecule has 7 nitrogen and oxygen atoms in total. The predicted molar refractivity (Wildman–Crippen MR) is 104 cm³/mol. The average Bonchev–Trinajstić information content (AvgIpc) is 2.85. The van der Waals surface area contributed by atoms with E-state index in [9.17, 15) is 18.0 Å². The summed E-state index contributed by atoms with van der Waals surface area (Å²) in [6, 6.07) is 5.28. The number of carbonyl (C=O) groups excluding carboxylic acids is 2. The summed E-state index contributed by atoms with van der Waals surface area (Å²) < 4.78 is 26.8. The fraction of sp³-hybridized carbons (Fsp3) is 0.579. The molecule has 2 N–H and O–H groups in total. The van der Waals surface area contributed by atoms with Crippen LogP contribution in [0.4, 0.5) is 5.69 Å². The van der Waals surface area contributed by atoms with Gasteiger partial charge >= 0.3 is 0 Å². The molecule has 2 amide bonds. The number of hydrogen-bond donors (Lipinski definition) is 2. The van der Waals surface area contributed by atoms with Crippen LogP contribution in [0.25, 0.3) is 0 Å². The second kappa shape index (κ2) is 7.59. The van der Waals surface area contributed by atoms with Gasteiger partial charge in [0.15, 0.2) is 0 Å². The van der Waals surface area contributed by atoms with Gasteiger partial charge in [0.1, 0.15) is 0 Å². The smallest absolute Gasteiger partial charge is 0.261 e. The zero-order chi connectivity index (χ0) is 19.8. The lowest BCUT2D eigenvalue weighted by atomic mass is 9.86. The number of sulfonamides is 1. The molecule has 2 aliphatic rings. The van der Waals surface area contributed by atoms with Crippen LogP contribution in [-0.4, -0.2) is 50.0 Å². The zero-order valence-electron chi connectivity index (χ0n) is 16.0. The number of nitrogens with one attached hydrogen (secondary N) is 2. The van der Waals surface area contributed by atoms with Crippen molar-refractivity contribution in [1.29, 1.82) is 0 Å². The van der Waals surface area contributed by atoms with Gasteiger partial charge in [0.25, 0.3) is 11.8 Å². The lowest BCUT2D eigenvalue weighted by molar-refractivity contribution is 0.0693. The van der Waals surface area contributed by atoms with Crippen LogP contribution in [-0.2, 0) is 10.0 Å². The summed E-state index contributed by atoms with van der Waals surface area (Å²) in [6.07, 6.45) is 3.56. The molecule has 1 aromatic rings. The highest BCUT2D eigenvalue weighted by Gasteiger charge is 2.32. The fourth-order valence-electron chi connectivity index (χ4n) is 3.59. The first-order chi connectivity index (χ1) is 12.7. The maximum absolute atomic E-state index is 12.1. The third-order valence-electron chi connectivity index (χ3n) is 5.48. The van der Waals surface area contributed by atoms with Gasteiger partial charge in [0, 0.05) is 25.3 Å². The Morgan fingerprint density at radius 3 is 2.33 bits per heavy atom. The Kier molecular flexibility index (Phi) is 5.58. The van der Waals surface area contributed by atoms with Crippen LogP contribution in [0.5, 0.6) is 0 Å². The number of nitrogens with zero attached hydrogens (tertiary/aromatic N) is 1. The van der Waals surface area contributed by atoms with E-state index in [1.165, 1.54) is 7.05 Å². The fourth-order valence-corrected chi connectivity index (χ4v) is 4.56. The number of imide groups is 1. The van der Waals surface area contributed by atoms with Crippen molar-refractivity contribution in [3.63, 3.8) is 0 Å². The Balaban J connectivity index is 1.52. The number of benzene rings is 1. The van der Waals surface area contributed by atoms with Gasteiger partial charge in [-0.25, -0.2) is 13.1 Å². The Morgan fingerprint density at radius 1 is 1.07 bits per heavy atom. The van der Waals surface area contributed by atoms with Crippen molar-refractivity contribution < 1.29 is 18.0 Å². The molecule has 0 radical (unpaired) electrons. The topological polar surface area (TPSA) is 95.6 Å². The van der Waals surface area contributed by atoms with Crippen molar-refractivity contribution >= 4 is 27.5 Å². The molecule has 1 saturated carbocycles. The van der Waals surface area contributed by atoms with E-state index in [0.717, 1.165) is 42.8 Å². The molecular formula is C19H27N3O4S. The van der Waals surface area contributed by atoms with E-state index in [0.29, 0.717) is 17.0 Å². The summed E-state index contributed by atoms with van der Waals surface area (Å²) in [5.41, 5.74) is 1.72. The molecule has 0 bridgehead atoms. The van der Waals surface area contributed by atoms with Crippen molar-refractivity contribution in [3.05, 3.63) is 29.3 Å². The maximum atomic E-state index is 12.1. The van der Waals surface area contributed by atoms with Crippen molar-refractivity contribution in [2.45, 2.75) is 50.8 Å². The first-order valence-corrected chi connectivity index (χ1v) is 10.9. The molecule has 1 fully saturated rings. The molecule has 0 saturated heterocycles. The molecule has 27 heavy (non-hydrogen) atoms. The third kappa shape index (κ3) is 4.16. The van der Waals surface area contributed by atoms with Crippen LogP contribution < -0.4 is 10.0 Å². The van der Waals surface area contributed by atoms with Gasteiger partial charge in [-0.1, -0.05) is 0 Å². The number of hydrogen-bond acceptors (Lipinski definition) is 5. The number of fused-ring (bicyclic) bond motifs is 1. The summed E-state index contributed by atoms with van der Waals surface area (Å²) >= 11 is 0. The van der Waals surface area contributed by atoms with Crippen LogP contribution >= 0.6 is 0 Å². The molecule has 0 aromatic heterocycles. The molecule has 8 heteroatoms. The van der Waals surface area contributed by atoms with E-state index in [4.69, 9.17) is 0 Å². The van der Waals surface area contributed by atoms with E-state index in [-0.39, 0.29) is 17.9 Å². The minimum absolute atomic E-state index is 0.0211. The van der Waals surface area contributed by atoms with E-state index in [1.807, 2.05) is 6.07 Å². The Hall–Kier alpha value is -1.93.